The topological polar surface area (TPSA) is 105 Å². The van der Waals surface area contributed by atoms with Gasteiger partial charge in [-0.15, -0.1) is 0 Å². The van der Waals surface area contributed by atoms with Crippen LogP contribution in [0.3, 0.4) is 0 Å². The predicted octanol–water partition coefficient (Wildman–Crippen LogP) is 2.52. The van der Waals surface area contributed by atoms with Crippen molar-refractivity contribution < 1.29 is 33.0 Å². The molecule has 0 radical (unpaired) electrons. The molecule has 2 saturated heterocycles. The molecule has 9 heteroatoms. The molecule has 2 amide bonds. The van der Waals surface area contributed by atoms with Crippen LogP contribution in [0.1, 0.15) is 64.7 Å². The number of aliphatic hydroxyl groups excluding tert-OH is 1. The standard InChI is InChI=1S/C23H36F2N2O5/c1-2-3-5-9-21(30)27-14-22(31)26-13-17-16(18-10-11-19(17)32-18)8-6-4-7-12-23(24,25)20(29)15-28/h4,6,16-19,28H,2-3,5,7-15H2,1H3,(H,26,31)(H,27,30)/t16-,17+,18-,19+/m0/s1. The van der Waals surface area contributed by atoms with Gasteiger partial charge in [0.15, 0.2) is 0 Å². The molecule has 32 heavy (non-hydrogen) atoms. The van der Waals surface area contributed by atoms with E-state index >= 15 is 0 Å². The molecule has 7 nitrogen and oxygen atoms in total. The summed E-state index contributed by atoms with van der Waals surface area (Å²) >= 11 is 0. The lowest BCUT2D eigenvalue weighted by molar-refractivity contribution is -0.146. The van der Waals surface area contributed by atoms with Crippen LogP contribution in [0, 0.1) is 11.8 Å². The maximum Gasteiger partial charge on any atom is 0.307 e. The average Bonchev–Trinajstić information content (AvgIpc) is 3.37. The Hall–Kier alpha value is -1.87. The number of unbranched alkanes of at least 4 members (excludes halogenated alkanes) is 2. The smallest absolute Gasteiger partial charge is 0.307 e. The minimum atomic E-state index is -3.51. The van der Waals surface area contributed by atoms with Crippen LogP contribution in [0.15, 0.2) is 12.2 Å². The highest BCUT2D eigenvalue weighted by atomic mass is 19.3. The third-order valence-corrected chi connectivity index (χ3v) is 6.33. The summed E-state index contributed by atoms with van der Waals surface area (Å²) in [7, 11) is 0. The van der Waals surface area contributed by atoms with Crippen molar-refractivity contribution in [1.29, 1.82) is 0 Å². The average molecular weight is 459 g/mol. The van der Waals surface area contributed by atoms with Crippen molar-refractivity contribution >= 4 is 17.6 Å². The summed E-state index contributed by atoms with van der Waals surface area (Å²) in [5, 5.41) is 14.1. The Morgan fingerprint density at radius 1 is 1.06 bits per heavy atom. The maximum atomic E-state index is 13.5. The van der Waals surface area contributed by atoms with E-state index in [4.69, 9.17) is 9.84 Å². The van der Waals surface area contributed by atoms with Crippen molar-refractivity contribution in [2.24, 2.45) is 11.8 Å². The number of nitrogens with one attached hydrogen (secondary N) is 2. The van der Waals surface area contributed by atoms with Crippen LogP contribution in [0.4, 0.5) is 8.78 Å². The lowest BCUT2D eigenvalue weighted by Gasteiger charge is -2.27. The van der Waals surface area contributed by atoms with E-state index in [9.17, 15) is 23.2 Å². The van der Waals surface area contributed by atoms with Crippen LogP contribution in [0.2, 0.25) is 0 Å². The Kier molecular flexibility index (Phi) is 10.7. The van der Waals surface area contributed by atoms with Crippen molar-refractivity contribution in [3.8, 4) is 0 Å². The van der Waals surface area contributed by atoms with Crippen molar-refractivity contribution in [3.63, 3.8) is 0 Å². The summed E-state index contributed by atoms with van der Waals surface area (Å²) in [6.45, 7) is 1.31. The van der Waals surface area contributed by atoms with Gasteiger partial charge in [0, 0.05) is 25.3 Å². The summed E-state index contributed by atoms with van der Waals surface area (Å²) in [6.07, 6.45) is 8.86. The first kappa shape index (κ1) is 26.4. The highest BCUT2D eigenvalue weighted by molar-refractivity contribution is 5.86. The molecule has 0 saturated carbocycles. The van der Waals surface area contributed by atoms with E-state index < -0.39 is 24.7 Å². The zero-order valence-electron chi connectivity index (χ0n) is 18.8. The number of allylic oxidation sites excluding steroid dienone is 2. The molecule has 0 aromatic carbocycles. The summed E-state index contributed by atoms with van der Waals surface area (Å²) in [6, 6.07) is 0. The van der Waals surface area contributed by atoms with E-state index in [2.05, 4.69) is 17.6 Å². The lowest BCUT2D eigenvalue weighted by Crippen LogP contribution is -2.42. The Morgan fingerprint density at radius 2 is 1.78 bits per heavy atom. The molecular weight excluding hydrogens is 422 g/mol. The van der Waals surface area contributed by atoms with Gasteiger partial charge in [0.2, 0.25) is 17.6 Å². The fraction of sp³-hybridized carbons (Fsp3) is 0.783. The monoisotopic (exact) mass is 458 g/mol. The third-order valence-electron chi connectivity index (χ3n) is 6.33. The number of carbonyl (C=O) groups excluding carboxylic acids is 3. The fourth-order valence-corrected chi connectivity index (χ4v) is 4.47. The van der Waals surface area contributed by atoms with Gasteiger partial charge in [-0.25, -0.2) is 0 Å². The van der Waals surface area contributed by atoms with E-state index in [0.29, 0.717) is 19.4 Å². The largest absolute Gasteiger partial charge is 0.388 e. The number of fused-ring (bicyclic) bond motifs is 2. The van der Waals surface area contributed by atoms with Crippen LogP contribution < -0.4 is 10.6 Å². The van der Waals surface area contributed by atoms with Crippen LogP contribution >= 0.6 is 0 Å². The molecule has 3 N–H and O–H groups in total. The molecule has 0 spiro atoms. The molecule has 182 valence electrons. The number of hydrogen-bond donors (Lipinski definition) is 3. The summed E-state index contributed by atoms with van der Waals surface area (Å²) < 4.78 is 32.9. The zero-order chi connectivity index (χ0) is 23.6. The van der Waals surface area contributed by atoms with E-state index in [1.54, 1.807) is 6.08 Å². The first-order chi connectivity index (χ1) is 15.3. The summed E-state index contributed by atoms with van der Waals surface area (Å²) in [5.41, 5.74) is 0. The SMILES string of the molecule is CCCCCC(=O)NCC(=O)NC[C@@H]1[C@H](CC=CCCC(F)(F)C(=O)CO)[C@@H]2CC[C@H]1O2. The Balaban J connectivity index is 1.72. The fourth-order valence-electron chi connectivity index (χ4n) is 4.47. The van der Waals surface area contributed by atoms with Crippen LogP contribution in [-0.4, -0.2) is 60.5 Å². The number of halogens is 2. The molecule has 2 fully saturated rings. The normalized spacial score (nSPS) is 24.8. The van der Waals surface area contributed by atoms with Gasteiger partial charge in [-0.3, -0.25) is 14.4 Å². The quantitative estimate of drug-likeness (QED) is 0.258. The number of rotatable bonds is 15. The maximum absolute atomic E-state index is 13.5. The summed E-state index contributed by atoms with van der Waals surface area (Å²) in [4.78, 5) is 34.9. The number of ether oxygens (including phenoxy) is 1. The molecule has 2 aliphatic rings. The first-order valence-electron chi connectivity index (χ1n) is 11.6. The molecule has 2 heterocycles. The van der Waals surface area contributed by atoms with E-state index in [-0.39, 0.29) is 48.8 Å². The van der Waals surface area contributed by atoms with E-state index in [0.717, 1.165) is 32.1 Å². The van der Waals surface area contributed by atoms with Crippen LogP contribution in [0.5, 0.6) is 0 Å². The third kappa shape index (κ3) is 7.92. The minimum absolute atomic E-state index is 0.0414. The van der Waals surface area contributed by atoms with Crippen molar-refractivity contribution in [2.75, 3.05) is 19.7 Å². The number of carbonyl (C=O) groups is 3. The number of ketones is 1. The molecular formula is C23H36F2N2O5. The van der Waals surface area contributed by atoms with Crippen molar-refractivity contribution in [2.45, 2.75) is 82.8 Å². The first-order valence-corrected chi connectivity index (χ1v) is 11.6. The molecule has 0 unspecified atom stereocenters. The Bertz CT molecular complexity index is 671. The number of alkyl halides is 2. The Labute approximate surface area is 188 Å². The van der Waals surface area contributed by atoms with Crippen molar-refractivity contribution in [3.05, 3.63) is 12.2 Å². The zero-order valence-corrected chi connectivity index (χ0v) is 18.8. The second-order valence-corrected chi connectivity index (χ2v) is 8.69. The molecule has 0 aromatic rings. The van der Waals surface area contributed by atoms with Crippen LogP contribution in [0.25, 0.3) is 0 Å². The number of hydrogen-bond acceptors (Lipinski definition) is 5. The number of amides is 2. The second kappa shape index (κ2) is 13.0. The van der Waals surface area contributed by atoms with Gasteiger partial charge in [-0.2, -0.15) is 8.78 Å². The van der Waals surface area contributed by atoms with Gasteiger partial charge in [0.1, 0.15) is 6.61 Å². The van der Waals surface area contributed by atoms with E-state index in [1.807, 2.05) is 6.08 Å². The lowest BCUT2D eigenvalue weighted by atomic mass is 9.77. The van der Waals surface area contributed by atoms with Gasteiger partial charge < -0.3 is 20.5 Å². The van der Waals surface area contributed by atoms with Crippen LogP contribution in [-0.2, 0) is 19.1 Å². The summed E-state index contributed by atoms with van der Waals surface area (Å²) in [5.74, 6) is -4.99. The van der Waals surface area contributed by atoms with Gasteiger partial charge in [-0.1, -0.05) is 31.9 Å². The second-order valence-electron chi connectivity index (χ2n) is 8.69. The molecule has 0 aromatic heterocycles. The van der Waals surface area contributed by atoms with Gasteiger partial charge in [0.25, 0.3) is 0 Å². The molecule has 4 atom stereocenters. The van der Waals surface area contributed by atoms with Gasteiger partial charge >= 0.3 is 5.92 Å². The highest BCUT2D eigenvalue weighted by Crippen LogP contribution is 2.44. The molecule has 2 aliphatic heterocycles. The number of Topliss-reactive ketones (excluding diaryl/α,β-unsaturated/α-hetero) is 1. The predicted molar refractivity (Wildman–Crippen MR) is 115 cm³/mol. The highest BCUT2D eigenvalue weighted by Gasteiger charge is 2.48. The molecule has 2 rings (SSSR count). The molecule has 0 aliphatic carbocycles. The van der Waals surface area contributed by atoms with Gasteiger partial charge in [-0.05, 0) is 38.0 Å². The van der Waals surface area contributed by atoms with E-state index in [1.165, 1.54) is 0 Å². The van der Waals surface area contributed by atoms with Crippen molar-refractivity contribution in [1.82, 2.24) is 10.6 Å². The Morgan fingerprint density at radius 3 is 2.47 bits per heavy atom. The minimum Gasteiger partial charge on any atom is -0.388 e. The van der Waals surface area contributed by atoms with Gasteiger partial charge in [0.05, 0.1) is 18.8 Å². The molecule has 2 bridgehead atoms. The number of aliphatic hydroxyl groups is 1.